The van der Waals surface area contributed by atoms with E-state index in [-0.39, 0.29) is 0 Å². The standard InChI is InChI=1S/C15H25N3/c1-3-9-16-11-14-7-5-10-18(12-14)15-8-4-6-13(2)17-15/h4,6,8,14,16H,3,5,7,9-12H2,1-2H3. The lowest BCUT2D eigenvalue weighted by atomic mass is 9.98. The molecule has 0 aliphatic carbocycles. The molecule has 0 spiro atoms. The maximum atomic E-state index is 4.63. The van der Waals surface area contributed by atoms with Gasteiger partial charge in [-0.2, -0.15) is 0 Å². The van der Waals surface area contributed by atoms with E-state index in [0.29, 0.717) is 0 Å². The van der Waals surface area contributed by atoms with Crippen molar-refractivity contribution in [2.75, 3.05) is 31.1 Å². The van der Waals surface area contributed by atoms with Crippen molar-refractivity contribution in [2.45, 2.75) is 33.1 Å². The van der Waals surface area contributed by atoms with Gasteiger partial charge >= 0.3 is 0 Å². The van der Waals surface area contributed by atoms with Crippen LogP contribution in [0.3, 0.4) is 0 Å². The van der Waals surface area contributed by atoms with Gasteiger partial charge in [-0.05, 0) is 57.3 Å². The predicted molar refractivity (Wildman–Crippen MR) is 77.1 cm³/mol. The average Bonchev–Trinajstić information content (AvgIpc) is 2.39. The molecule has 1 aromatic rings. The topological polar surface area (TPSA) is 28.2 Å². The maximum absolute atomic E-state index is 4.63. The first-order chi connectivity index (χ1) is 8.79. The number of rotatable bonds is 5. The molecule has 18 heavy (non-hydrogen) atoms. The zero-order chi connectivity index (χ0) is 12.8. The highest BCUT2D eigenvalue weighted by Gasteiger charge is 2.20. The van der Waals surface area contributed by atoms with Crippen molar-refractivity contribution >= 4 is 5.82 Å². The molecule has 1 aromatic heterocycles. The van der Waals surface area contributed by atoms with Gasteiger partial charge in [-0.25, -0.2) is 4.98 Å². The Morgan fingerprint density at radius 2 is 2.33 bits per heavy atom. The molecule has 1 saturated heterocycles. The van der Waals surface area contributed by atoms with Crippen molar-refractivity contribution in [2.24, 2.45) is 5.92 Å². The molecule has 1 atom stereocenters. The van der Waals surface area contributed by atoms with E-state index in [2.05, 4.69) is 47.2 Å². The largest absolute Gasteiger partial charge is 0.356 e. The fourth-order valence-electron chi connectivity index (χ4n) is 2.63. The zero-order valence-corrected chi connectivity index (χ0v) is 11.7. The van der Waals surface area contributed by atoms with Crippen LogP contribution in [-0.2, 0) is 0 Å². The Balaban J connectivity index is 1.90. The van der Waals surface area contributed by atoms with Gasteiger partial charge in [-0.3, -0.25) is 0 Å². The van der Waals surface area contributed by atoms with Gasteiger partial charge in [0.15, 0.2) is 0 Å². The molecule has 100 valence electrons. The van der Waals surface area contributed by atoms with E-state index in [1.165, 1.54) is 19.3 Å². The third-order valence-corrected chi connectivity index (χ3v) is 3.58. The highest BCUT2D eigenvalue weighted by atomic mass is 15.2. The molecule has 1 N–H and O–H groups in total. The van der Waals surface area contributed by atoms with Gasteiger partial charge in [0.05, 0.1) is 0 Å². The molecule has 3 nitrogen and oxygen atoms in total. The summed E-state index contributed by atoms with van der Waals surface area (Å²) in [5.41, 5.74) is 1.11. The molecule has 0 radical (unpaired) electrons. The summed E-state index contributed by atoms with van der Waals surface area (Å²) in [6.07, 6.45) is 3.85. The Hall–Kier alpha value is -1.09. The van der Waals surface area contributed by atoms with Gasteiger partial charge in [-0.1, -0.05) is 13.0 Å². The van der Waals surface area contributed by atoms with Crippen molar-refractivity contribution in [3.05, 3.63) is 23.9 Å². The maximum Gasteiger partial charge on any atom is 0.128 e. The van der Waals surface area contributed by atoms with Crippen molar-refractivity contribution < 1.29 is 0 Å². The second-order valence-corrected chi connectivity index (χ2v) is 5.30. The van der Waals surface area contributed by atoms with Crippen LogP contribution >= 0.6 is 0 Å². The molecule has 0 aromatic carbocycles. The summed E-state index contributed by atoms with van der Waals surface area (Å²) in [6.45, 7) is 8.87. The van der Waals surface area contributed by atoms with E-state index < -0.39 is 0 Å². The SMILES string of the molecule is CCCNCC1CCCN(c2cccc(C)n2)C1. The highest BCUT2D eigenvalue weighted by molar-refractivity contribution is 5.39. The number of hydrogen-bond donors (Lipinski definition) is 1. The van der Waals surface area contributed by atoms with Crippen LogP contribution in [0.4, 0.5) is 5.82 Å². The summed E-state index contributed by atoms with van der Waals surface area (Å²) in [5, 5.41) is 3.54. The van der Waals surface area contributed by atoms with E-state index in [0.717, 1.165) is 43.6 Å². The van der Waals surface area contributed by atoms with Gasteiger partial charge in [0, 0.05) is 18.8 Å². The Kier molecular flexibility index (Phi) is 5.00. The molecular formula is C15H25N3. The number of pyridine rings is 1. The first-order valence-electron chi connectivity index (χ1n) is 7.19. The smallest absolute Gasteiger partial charge is 0.128 e. The summed E-state index contributed by atoms with van der Waals surface area (Å²) in [4.78, 5) is 7.07. The molecular weight excluding hydrogens is 222 g/mol. The molecule has 1 aliphatic heterocycles. The minimum atomic E-state index is 0.771. The zero-order valence-electron chi connectivity index (χ0n) is 11.7. The van der Waals surface area contributed by atoms with Crippen molar-refractivity contribution in [3.63, 3.8) is 0 Å². The van der Waals surface area contributed by atoms with E-state index in [1.54, 1.807) is 0 Å². The van der Waals surface area contributed by atoms with Gasteiger partial charge in [0.2, 0.25) is 0 Å². The first-order valence-corrected chi connectivity index (χ1v) is 7.19. The molecule has 0 bridgehead atoms. The quantitative estimate of drug-likeness (QED) is 0.811. The monoisotopic (exact) mass is 247 g/mol. The predicted octanol–water partition coefficient (Wildman–Crippen LogP) is 2.61. The van der Waals surface area contributed by atoms with Crippen LogP contribution in [0.1, 0.15) is 31.9 Å². The molecule has 1 aliphatic rings. The van der Waals surface area contributed by atoms with Gasteiger partial charge < -0.3 is 10.2 Å². The third-order valence-electron chi connectivity index (χ3n) is 3.58. The van der Waals surface area contributed by atoms with E-state index >= 15 is 0 Å². The average molecular weight is 247 g/mol. The van der Waals surface area contributed by atoms with E-state index in [9.17, 15) is 0 Å². The second kappa shape index (κ2) is 6.74. The fourth-order valence-corrected chi connectivity index (χ4v) is 2.63. The third kappa shape index (κ3) is 3.70. The Labute approximate surface area is 111 Å². The van der Waals surface area contributed by atoms with Crippen LogP contribution in [0.5, 0.6) is 0 Å². The second-order valence-electron chi connectivity index (χ2n) is 5.30. The molecule has 1 fully saturated rings. The molecule has 3 heteroatoms. The summed E-state index contributed by atoms with van der Waals surface area (Å²) < 4.78 is 0. The van der Waals surface area contributed by atoms with Crippen LogP contribution in [0.25, 0.3) is 0 Å². The minimum Gasteiger partial charge on any atom is -0.356 e. The number of anilines is 1. The number of hydrogen-bond acceptors (Lipinski definition) is 3. The van der Waals surface area contributed by atoms with Crippen LogP contribution in [-0.4, -0.2) is 31.2 Å². The molecule has 2 heterocycles. The number of piperidine rings is 1. The van der Waals surface area contributed by atoms with Crippen molar-refractivity contribution in [3.8, 4) is 0 Å². The summed E-state index contributed by atoms with van der Waals surface area (Å²) in [5.74, 6) is 1.92. The normalized spacial score (nSPS) is 20.1. The molecule has 0 saturated carbocycles. The van der Waals surface area contributed by atoms with Gasteiger partial charge in [0.1, 0.15) is 5.82 Å². The Bertz CT molecular complexity index is 365. The van der Waals surface area contributed by atoms with E-state index in [4.69, 9.17) is 0 Å². The Morgan fingerprint density at radius 3 is 3.11 bits per heavy atom. The number of aromatic nitrogens is 1. The van der Waals surface area contributed by atoms with Gasteiger partial charge in [-0.15, -0.1) is 0 Å². The number of aryl methyl sites for hydroxylation is 1. The molecule has 0 amide bonds. The lowest BCUT2D eigenvalue weighted by Gasteiger charge is -2.33. The number of nitrogens with one attached hydrogen (secondary N) is 1. The fraction of sp³-hybridized carbons (Fsp3) is 0.667. The highest BCUT2D eigenvalue weighted by Crippen LogP contribution is 2.21. The van der Waals surface area contributed by atoms with E-state index in [1.807, 2.05) is 0 Å². The Morgan fingerprint density at radius 1 is 1.44 bits per heavy atom. The lowest BCUT2D eigenvalue weighted by molar-refractivity contribution is 0.391. The lowest BCUT2D eigenvalue weighted by Crippen LogP contribution is -2.40. The molecule has 1 unspecified atom stereocenters. The van der Waals surface area contributed by atoms with Crippen LogP contribution in [0, 0.1) is 12.8 Å². The van der Waals surface area contributed by atoms with Crippen molar-refractivity contribution in [1.82, 2.24) is 10.3 Å². The summed E-state index contributed by atoms with van der Waals surface area (Å²) in [6, 6.07) is 6.30. The molecule has 2 rings (SSSR count). The number of nitrogens with zero attached hydrogens (tertiary/aromatic N) is 2. The summed E-state index contributed by atoms with van der Waals surface area (Å²) >= 11 is 0. The van der Waals surface area contributed by atoms with Crippen LogP contribution < -0.4 is 10.2 Å². The first kappa shape index (κ1) is 13.3. The summed E-state index contributed by atoms with van der Waals surface area (Å²) in [7, 11) is 0. The van der Waals surface area contributed by atoms with Crippen LogP contribution in [0.2, 0.25) is 0 Å². The van der Waals surface area contributed by atoms with Crippen molar-refractivity contribution in [1.29, 1.82) is 0 Å². The van der Waals surface area contributed by atoms with Crippen LogP contribution in [0.15, 0.2) is 18.2 Å². The minimum absolute atomic E-state index is 0.771. The van der Waals surface area contributed by atoms with Gasteiger partial charge in [0.25, 0.3) is 0 Å².